The zero-order valence-corrected chi connectivity index (χ0v) is 15.9. The molecule has 0 unspecified atom stereocenters. The Labute approximate surface area is 148 Å². The van der Waals surface area contributed by atoms with E-state index in [-0.39, 0.29) is 11.5 Å². The van der Waals surface area contributed by atoms with E-state index in [1.54, 1.807) is 0 Å². The monoisotopic (exact) mass is 348 g/mol. The molecule has 2 atom stereocenters. The van der Waals surface area contributed by atoms with Gasteiger partial charge >= 0.3 is 0 Å². The Morgan fingerprint density at radius 2 is 2.25 bits per heavy atom. The zero-order chi connectivity index (χ0) is 17.2. The third-order valence-corrected chi connectivity index (χ3v) is 5.88. The molecule has 0 bridgehead atoms. The summed E-state index contributed by atoms with van der Waals surface area (Å²) in [6, 6.07) is 2.09. The van der Waals surface area contributed by atoms with Crippen LogP contribution in [-0.4, -0.2) is 27.9 Å². The van der Waals surface area contributed by atoms with Gasteiger partial charge in [0.1, 0.15) is 6.10 Å². The molecular formula is C18H28N4OS. The van der Waals surface area contributed by atoms with Crippen LogP contribution in [0.4, 0.5) is 0 Å². The summed E-state index contributed by atoms with van der Waals surface area (Å²) < 4.78 is 8.04. The van der Waals surface area contributed by atoms with Crippen LogP contribution >= 0.6 is 11.3 Å². The van der Waals surface area contributed by atoms with Crippen molar-refractivity contribution in [3.05, 3.63) is 34.0 Å². The first kappa shape index (κ1) is 17.6. The molecule has 3 rings (SSSR count). The fourth-order valence-electron chi connectivity index (χ4n) is 3.14. The van der Waals surface area contributed by atoms with Gasteiger partial charge < -0.3 is 10.1 Å². The molecule has 6 heteroatoms. The molecule has 24 heavy (non-hydrogen) atoms. The third-order valence-electron chi connectivity index (χ3n) is 4.46. The Morgan fingerprint density at radius 1 is 1.42 bits per heavy atom. The van der Waals surface area contributed by atoms with Crippen LogP contribution in [0.5, 0.6) is 0 Å². The van der Waals surface area contributed by atoms with Crippen LogP contribution in [-0.2, 0) is 23.2 Å². The molecule has 3 heterocycles. The summed E-state index contributed by atoms with van der Waals surface area (Å²) in [5.41, 5.74) is 1.33. The highest BCUT2D eigenvalue weighted by atomic mass is 32.1. The maximum absolute atomic E-state index is 5.99. The van der Waals surface area contributed by atoms with Gasteiger partial charge in [-0.3, -0.25) is 4.68 Å². The highest BCUT2D eigenvalue weighted by molar-refractivity contribution is 7.11. The van der Waals surface area contributed by atoms with E-state index in [1.807, 2.05) is 28.4 Å². The number of nitrogens with one attached hydrogen (secondary N) is 1. The van der Waals surface area contributed by atoms with Crippen molar-refractivity contribution in [1.82, 2.24) is 20.1 Å². The van der Waals surface area contributed by atoms with Gasteiger partial charge in [-0.05, 0) is 19.4 Å². The molecule has 1 N–H and O–H groups in total. The molecule has 1 fully saturated rings. The van der Waals surface area contributed by atoms with E-state index in [1.165, 1.54) is 15.6 Å². The van der Waals surface area contributed by atoms with Crippen LogP contribution in [0.1, 0.15) is 55.8 Å². The van der Waals surface area contributed by atoms with Gasteiger partial charge in [0.05, 0.1) is 10.7 Å². The van der Waals surface area contributed by atoms with Crippen molar-refractivity contribution in [2.24, 2.45) is 5.92 Å². The van der Waals surface area contributed by atoms with E-state index in [0.29, 0.717) is 5.92 Å². The summed E-state index contributed by atoms with van der Waals surface area (Å²) >= 11 is 1.81. The van der Waals surface area contributed by atoms with Crippen molar-refractivity contribution < 1.29 is 4.74 Å². The quantitative estimate of drug-likeness (QED) is 0.868. The van der Waals surface area contributed by atoms with Crippen molar-refractivity contribution in [3.8, 4) is 0 Å². The number of nitrogens with zero attached hydrogens (tertiary/aromatic N) is 3. The topological polar surface area (TPSA) is 52.0 Å². The van der Waals surface area contributed by atoms with E-state index in [0.717, 1.165) is 32.7 Å². The minimum Gasteiger partial charge on any atom is -0.372 e. The Bertz CT molecular complexity index is 658. The number of hydrogen-bond acceptors (Lipinski definition) is 5. The van der Waals surface area contributed by atoms with E-state index >= 15 is 0 Å². The van der Waals surface area contributed by atoms with Gasteiger partial charge in [0.15, 0.2) is 0 Å². The lowest BCUT2D eigenvalue weighted by Gasteiger charge is -2.19. The lowest BCUT2D eigenvalue weighted by atomic mass is 9.98. The predicted octanol–water partition coefficient (Wildman–Crippen LogP) is 3.52. The molecule has 0 aromatic carbocycles. The van der Waals surface area contributed by atoms with Gasteiger partial charge in [-0.1, -0.05) is 20.8 Å². The molecule has 0 aliphatic carbocycles. The number of thiazole rings is 1. The lowest BCUT2D eigenvalue weighted by molar-refractivity contribution is 0.0830. The molecule has 2 aromatic rings. The fraction of sp³-hybridized carbons (Fsp3) is 0.667. The van der Waals surface area contributed by atoms with Crippen molar-refractivity contribution in [3.63, 3.8) is 0 Å². The van der Waals surface area contributed by atoms with Gasteiger partial charge in [0.25, 0.3) is 0 Å². The molecule has 0 saturated carbocycles. The molecule has 0 radical (unpaired) electrons. The summed E-state index contributed by atoms with van der Waals surface area (Å²) in [7, 11) is 0. The number of hydrogen-bond donors (Lipinski definition) is 1. The maximum atomic E-state index is 5.99. The van der Waals surface area contributed by atoms with E-state index in [4.69, 9.17) is 4.74 Å². The molecule has 132 valence electrons. The zero-order valence-electron chi connectivity index (χ0n) is 15.1. The minimum absolute atomic E-state index is 0.131. The molecule has 1 aliphatic rings. The lowest BCUT2D eigenvalue weighted by Crippen LogP contribution is -2.25. The SMILES string of the molecule is CCn1nccc1[C@@H]1OCC[C@H]1CNCc1cnc(C(C)(C)C)s1. The first-order valence-electron chi connectivity index (χ1n) is 8.78. The summed E-state index contributed by atoms with van der Waals surface area (Å²) in [5, 5.41) is 9.18. The highest BCUT2D eigenvalue weighted by Crippen LogP contribution is 2.34. The largest absolute Gasteiger partial charge is 0.372 e. The second-order valence-electron chi connectivity index (χ2n) is 7.42. The molecule has 0 spiro atoms. The Kier molecular flexibility index (Phi) is 5.37. The molecule has 0 amide bonds. The first-order chi connectivity index (χ1) is 11.5. The summed E-state index contributed by atoms with van der Waals surface area (Å²) in [6.45, 7) is 12.3. The molecule has 5 nitrogen and oxygen atoms in total. The van der Waals surface area contributed by atoms with E-state index in [9.17, 15) is 0 Å². The Morgan fingerprint density at radius 3 is 2.96 bits per heavy atom. The molecule has 1 saturated heterocycles. The number of ether oxygens (including phenoxy) is 1. The van der Waals surface area contributed by atoms with Crippen LogP contribution in [0.15, 0.2) is 18.5 Å². The second kappa shape index (κ2) is 7.33. The van der Waals surface area contributed by atoms with Crippen molar-refractivity contribution in [2.45, 2.75) is 58.7 Å². The van der Waals surface area contributed by atoms with Crippen molar-refractivity contribution >= 4 is 11.3 Å². The van der Waals surface area contributed by atoms with Crippen molar-refractivity contribution in [1.29, 1.82) is 0 Å². The molecule has 1 aliphatic heterocycles. The van der Waals surface area contributed by atoms with Gasteiger partial charge in [-0.15, -0.1) is 11.3 Å². The number of aromatic nitrogens is 3. The van der Waals surface area contributed by atoms with Crippen LogP contribution < -0.4 is 5.32 Å². The fourth-order valence-corrected chi connectivity index (χ4v) is 4.07. The summed E-state index contributed by atoms with van der Waals surface area (Å²) in [4.78, 5) is 5.86. The molecule has 2 aromatic heterocycles. The van der Waals surface area contributed by atoms with E-state index < -0.39 is 0 Å². The smallest absolute Gasteiger partial charge is 0.103 e. The standard InChI is InChI=1S/C18H28N4OS/c1-5-22-15(6-8-21-22)16-13(7-9-23-16)10-19-11-14-12-20-17(24-14)18(2,3)4/h6,8,12-13,16,19H,5,7,9-11H2,1-4H3/t13-,16+/m0/s1. The average molecular weight is 349 g/mol. The normalized spacial score (nSPS) is 21.5. The highest BCUT2D eigenvalue weighted by Gasteiger charge is 2.31. The summed E-state index contributed by atoms with van der Waals surface area (Å²) in [6.07, 6.45) is 5.14. The Hall–Kier alpha value is -1.24. The minimum atomic E-state index is 0.131. The van der Waals surface area contributed by atoms with Crippen LogP contribution in [0.25, 0.3) is 0 Å². The van der Waals surface area contributed by atoms with Gasteiger partial charge in [0.2, 0.25) is 0 Å². The van der Waals surface area contributed by atoms with Crippen LogP contribution in [0, 0.1) is 5.92 Å². The van der Waals surface area contributed by atoms with Gasteiger partial charge in [0, 0.05) is 54.8 Å². The average Bonchev–Trinajstić information content (AvgIpc) is 3.26. The Balaban J connectivity index is 1.55. The third kappa shape index (κ3) is 3.87. The maximum Gasteiger partial charge on any atom is 0.103 e. The van der Waals surface area contributed by atoms with Crippen LogP contribution in [0.3, 0.4) is 0 Å². The van der Waals surface area contributed by atoms with E-state index in [2.05, 4.69) is 49.2 Å². The number of aryl methyl sites for hydroxylation is 1. The summed E-state index contributed by atoms with van der Waals surface area (Å²) in [5.74, 6) is 0.502. The first-order valence-corrected chi connectivity index (χ1v) is 9.60. The number of rotatable bonds is 6. The van der Waals surface area contributed by atoms with Gasteiger partial charge in [-0.25, -0.2) is 4.98 Å². The van der Waals surface area contributed by atoms with Crippen LogP contribution in [0.2, 0.25) is 0 Å². The molecular weight excluding hydrogens is 320 g/mol. The second-order valence-corrected chi connectivity index (χ2v) is 8.54. The predicted molar refractivity (Wildman–Crippen MR) is 97.2 cm³/mol. The van der Waals surface area contributed by atoms with Crippen molar-refractivity contribution in [2.75, 3.05) is 13.2 Å². The van der Waals surface area contributed by atoms with Gasteiger partial charge in [-0.2, -0.15) is 5.10 Å².